The van der Waals surface area contributed by atoms with Crippen molar-refractivity contribution in [1.29, 1.82) is 0 Å². The van der Waals surface area contributed by atoms with Crippen LogP contribution in [0.25, 0.3) is 0 Å². The predicted octanol–water partition coefficient (Wildman–Crippen LogP) is 1.13. The van der Waals surface area contributed by atoms with E-state index in [1.54, 1.807) is 7.11 Å². The van der Waals surface area contributed by atoms with Crippen LogP contribution in [0.4, 0.5) is 4.39 Å². The Morgan fingerprint density at radius 2 is 2.31 bits per heavy atom. The second-order valence-electron chi connectivity index (χ2n) is 3.87. The summed E-state index contributed by atoms with van der Waals surface area (Å²) >= 11 is 0. The number of methoxy groups -OCH3 is 1. The molecule has 1 saturated carbocycles. The van der Waals surface area contributed by atoms with Gasteiger partial charge in [0.2, 0.25) is 5.95 Å². The van der Waals surface area contributed by atoms with E-state index in [9.17, 15) is 9.18 Å². The molecule has 1 amide bonds. The summed E-state index contributed by atoms with van der Waals surface area (Å²) in [6, 6.07) is 2.75. The highest BCUT2D eigenvalue weighted by Gasteiger charge is 2.30. The number of nitrogens with one attached hydrogen (secondary N) is 1. The summed E-state index contributed by atoms with van der Waals surface area (Å²) in [6.07, 6.45) is 3.14. The Morgan fingerprint density at radius 3 is 2.88 bits per heavy atom. The summed E-state index contributed by atoms with van der Waals surface area (Å²) in [5.74, 6) is -0.799. The number of nitrogens with zero attached hydrogens (tertiary/aromatic N) is 1. The lowest BCUT2D eigenvalue weighted by atomic mass is 9.89. The van der Waals surface area contributed by atoms with E-state index in [1.807, 2.05) is 0 Å². The molecule has 5 heteroatoms. The fourth-order valence-corrected chi connectivity index (χ4v) is 1.65. The van der Waals surface area contributed by atoms with Gasteiger partial charge in [-0.25, -0.2) is 4.98 Å². The highest BCUT2D eigenvalue weighted by molar-refractivity contribution is 5.94. The molecule has 0 spiro atoms. The predicted molar refractivity (Wildman–Crippen MR) is 55.5 cm³/mol. The maximum absolute atomic E-state index is 12.5. The van der Waals surface area contributed by atoms with E-state index in [0.717, 1.165) is 12.8 Å². The van der Waals surface area contributed by atoms with Gasteiger partial charge in [-0.1, -0.05) is 0 Å². The molecule has 4 nitrogen and oxygen atoms in total. The van der Waals surface area contributed by atoms with Crippen LogP contribution in [0.15, 0.2) is 18.3 Å². The SMILES string of the molecule is COC1CC(NC(=O)c2ccc(F)nc2)C1. The van der Waals surface area contributed by atoms with Gasteiger partial charge < -0.3 is 10.1 Å². The van der Waals surface area contributed by atoms with Crippen LogP contribution in [-0.4, -0.2) is 30.1 Å². The number of carbonyl (C=O) groups is 1. The van der Waals surface area contributed by atoms with Gasteiger partial charge in [0, 0.05) is 19.3 Å². The normalized spacial score (nSPS) is 23.6. The molecule has 1 aliphatic carbocycles. The first kappa shape index (κ1) is 11.0. The molecular weight excluding hydrogens is 211 g/mol. The number of carbonyl (C=O) groups excluding carboxylic acids is 1. The third kappa shape index (κ3) is 2.36. The molecule has 0 atom stereocenters. The van der Waals surface area contributed by atoms with E-state index in [4.69, 9.17) is 4.74 Å². The van der Waals surface area contributed by atoms with Gasteiger partial charge in [0.05, 0.1) is 11.7 Å². The van der Waals surface area contributed by atoms with Crippen molar-refractivity contribution in [2.75, 3.05) is 7.11 Å². The summed E-state index contributed by atoms with van der Waals surface area (Å²) in [4.78, 5) is 15.1. The molecule has 1 aliphatic rings. The van der Waals surface area contributed by atoms with Gasteiger partial charge >= 0.3 is 0 Å². The van der Waals surface area contributed by atoms with E-state index >= 15 is 0 Å². The van der Waals surface area contributed by atoms with Gasteiger partial charge in [0.15, 0.2) is 0 Å². The van der Waals surface area contributed by atoms with Gasteiger partial charge in [-0.3, -0.25) is 4.79 Å². The molecule has 16 heavy (non-hydrogen) atoms. The summed E-state index contributed by atoms with van der Waals surface area (Å²) < 4.78 is 17.6. The summed E-state index contributed by atoms with van der Waals surface area (Å²) in [5.41, 5.74) is 0.377. The maximum Gasteiger partial charge on any atom is 0.253 e. The van der Waals surface area contributed by atoms with E-state index in [2.05, 4.69) is 10.3 Å². The minimum absolute atomic E-state index is 0.155. The summed E-state index contributed by atoms with van der Waals surface area (Å²) in [6.45, 7) is 0. The molecule has 0 unspecified atom stereocenters. The van der Waals surface area contributed by atoms with E-state index < -0.39 is 5.95 Å². The van der Waals surface area contributed by atoms with Crippen molar-refractivity contribution >= 4 is 5.91 Å². The van der Waals surface area contributed by atoms with Crippen LogP contribution in [0.1, 0.15) is 23.2 Å². The number of hydrogen-bond acceptors (Lipinski definition) is 3. The fourth-order valence-electron chi connectivity index (χ4n) is 1.65. The van der Waals surface area contributed by atoms with E-state index in [-0.39, 0.29) is 18.1 Å². The molecule has 1 N–H and O–H groups in total. The van der Waals surface area contributed by atoms with Gasteiger partial charge in [-0.15, -0.1) is 0 Å². The van der Waals surface area contributed by atoms with E-state index in [1.165, 1.54) is 18.3 Å². The monoisotopic (exact) mass is 224 g/mol. The molecule has 0 aromatic carbocycles. The quantitative estimate of drug-likeness (QED) is 0.783. The molecule has 1 aromatic rings. The van der Waals surface area contributed by atoms with Crippen LogP contribution in [0, 0.1) is 5.95 Å². The lowest BCUT2D eigenvalue weighted by molar-refractivity contribution is 0.0176. The molecule has 1 fully saturated rings. The molecule has 0 aliphatic heterocycles. The zero-order chi connectivity index (χ0) is 11.5. The molecular formula is C11H13FN2O2. The van der Waals surface area contributed by atoms with Crippen LogP contribution in [0.3, 0.4) is 0 Å². The Labute approximate surface area is 92.8 Å². The van der Waals surface area contributed by atoms with Crippen molar-refractivity contribution in [2.45, 2.75) is 25.0 Å². The van der Waals surface area contributed by atoms with E-state index in [0.29, 0.717) is 5.56 Å². The standard InChI is InChI=1S/C11H13FN2O2/c1-16-9-4-8(5-9)14-11(15)7-2-3-10(12)13-6-7/h2-3,6,8-9H,4-5H2,1H3,(H,14,15). The van der Waals surface area contributed by atoms with Gasteiger partial charge in [0.1, 0.15) is 0 Å². The van der Waals surface area contributed by atoms with Crippen LogP contribution in [0.2, 0.25) is 0 Å². The van der Waals surface area contributed by atoms with Crippen molar-refractivity contribution in [3.05, 3.63) is 29.8 Å². The largest absolute Gasteiger partial charge is 0.381 e. The molecule has 2 rings (SSSR count). The summed E-state index contributed by atoms with van der Waals surface area (Å²) in [7, 11) is 1.66. The topological polar surface area (TPSA) is 51.2 Å². The van der Waals surface area contributed by atoms with Gasteiger partial charge in [-0.2, -0.15) is 4.39 Å². The average Bonchev–Trinajstić information content (AvgIpc) is 2.23. The second-order valence-corrected chi connectivity index (χ2v) is 3.87. The number of rotatable bonds is 3. The zero-order valence-electron chi connectivity index (χ0n) is 8.94. The number of aromatic nitrogens is 1. The van der Waals surface area contributed by atoms with Gasteiger partial charge in [0.25, 0.3) is 5.91 Å². The van der Waals surface area contributed by atoms with Crippen molar-refractivity contribution < 1.29 is 13.9 Å². The highest BCUT2D eigenvalue weighted by atomic mass is 19.1. The minimum atomic E-state index is -0.584. The number of halogens is 1. The molecule has 0 bridgehead atoms. The highest BCUT2D eigenvalue weighted by Crippen LogP contribution is 2.22. The first-order valence-corrected chi connectivity index (χ1v) is 5.14. The van der Waals surface area contributed by atoms with Gasteiger partial charge in [-0.05, 0) is 25.0 Å². The third-order valence-corrected chi connectivity index (χ3v) is 2.75. The van der Waals surface area contributed by atoms with Crippen LogP contribution in [-0.2, 0) is 4.74 Å². The Hall–Kier alpha value is -1.49. The van der Waals surface area contributed by atoms with Crippen molar-refractivity contribution in [3.63, 3.8) is 0 Å². The Bertz CT molecular complexity index is 374. The molecule has 86 valence electrons. The molecule has 0 radical (unpaired) electrons. The average molecular weight is 224 g/mol. The lowest BCUT2D eigenvalue weighted by Crippen LogP contribution is -2.47. The first-order chi connectivity index (χ1) is 7.69. The number of ether oxygens (including phenoxy) is 1. The Balaban J connectivity index is 1.87. The maximum atomic E-state index is 12.5. The van der Waals surface area contributed by atoms with Crippen LogP contribution >= 0.6 is 0 Å². The molecule has 0 saturated heterocycles. The Kier molecular flexibility index (Phi) is 3.14. The zero-order valence-corrected chi connectivity index (χ0v) is 8.94. The Morgan fingerprint density at radius 1 is 1.56 bits per heavy atom. The second kappa shape index (κ2) is 4.57. The van der Waals surface area contributed by atoms with Crippen LogP contribution < -0.4 is 5.32 Å². The lowest BCUT2D eigenvalue weighted by Gasteiger charge is -2.34. The minimum Gasteiger partial charge on any atom is -0.381 e. The molecule has 1 heterocycles. The van der Waals surface area contributed by atoms with Crippen molar-refractivity contribution in [2.24, 2.45) is 0 Å². The van der Waals surface area contributed by atoms with Crippen LogP contribution in [0.5, 0.6) is 0 Å². The van der Waals surface area contributed by atoms with Crippen molar-refractivity contribution in [3.8, 4) is 0 Å². The summed E-state index contributed by atoms with van der Waals surface area (Å²) in [5, 5.41) is 2.84. The smallest absolute Gasteiger partial charge is 0.253 e. The first-order valence-electron chi connectivity index (χ1n) is 5.14. The number of hydrogen-bond donors (Lipinski definition) is 1. The number of amides is 1. The molecule has 1 aromatic heterocycles. The number of pyridine rings is 1. The fraction of sp³-hybridized carbons (Fsp3) is 0.455. The third-order valence-electron chi connectivity index (χ3n) is 2.75. The van der Waals surface area contributed by atoms with Crippen molar-refractivity contribution in [1.82, 2.24) is 10.3 Å².